The van der Waals surface area contributed by atoms with Crippen LogP contribution in [0.2, 0.25) is 0 Å². The van der Waals surface area contributed by atoms with Gasteiger partial charge in [-0.15, -0.1) is 0 Å². The first-order valence-corrected chi connectivity index (χ1v) is 9.80. The number of piperidine rings is 1. The van der Waals surface area contributed by atoms with E-state index in [0.717, 1.165) is 0 Å². The third kappa shape index (κ3) is 4.07. The minimum Gasteiger partial charge on any atom is -0.351 e. The van der Waals surface area contributed by atoms with Crippen molar-refractivity contribution in [3.05, 3.63) is 76.6 Å². The van der Waals surface area contributed by atoms with E-state index in [1.807, 2.05) is 6.07 Å². The number of aryl methyl sites for hydroxylation is 1. The van der Waals surface area contributed by atoms with Gasteiger partial charge < -0.3 is 10.6 Å². The number of hydrogen-bond acceptors (Lipinski definition) is 4. The maximum Gasteiger partial charge on any atom is 0.261 e. The largest absolute Gasteiger partial charge is 0.351 e. The predicted octanol–water partition coefficient (Wildman–Crippen LogP) is 2.06. The zero-order valence-corrected chi connectivity index (χ0v) is 16.2. The van der Waals surface area contributed by atoms with Crippen molar-refractivity contribution in [2.75, 3.05) is 0 Å². The van der Waals surface area contributed by atoms with Crippen molar-refractivity contribution >= 4 is 22.7 Å². The van der Waals surface area contributed by atoms with Gasteiger partial charge in [0.2, 0.25) is 11.8 Å². The van der Waals surface area contributed by atoms with Gasteiger partial charge in [-0.1, -0.05) is 30.3 Å². The van der Waals surface area contributed by atoms with Crippen molar-refractivity contribution in [1.82, 2.24) is 20.2 Å². The minimum atomic E-state index is -0.638. The second-order valence-corrected chi connectivity index (χ2v) is 7.29. The Morgan fingerprint density at radius 2 is 1.93 bits per heavy atom. The van der Waals surface area contributed by atoms with Crippen LogP contribution in [0.15, 0.2) is 59.7 Å². The van der Waals surface area contributed by atoms with Crippen LogP contribution in [0.5, 0.6) is 0 Å². The number of hydrogen-bond donors (Lipinski definition) is 2. The Hall–Kier alpha value is -3.55. The highest BCUT2D eigenvalue weighted by molar-refractivity contribution is 5.80. The van der Waals surface area contributed by atoms with Crippen LogP contribution in [0.1, 0.15) is 30.9 Å². The molecular weight excluding hydrogens is 387 g/mol. The molecule has 0 saturated carbocycles. The van der Waals surface area contributed by atoms with Crippen molar-refractivity contribution in [3.63, 3.8) is 0 Å². The van der Waals surface area contributed by atoms with Crippen molar-refractivity contribution in [2.45, 2.75) is 37.9 Å². The molecule has 0 aliphatic carbocycles. The fraction of sp³-hybridized carbons (Fsp3) is 0.273. The third-order valence-electron chi connectivity index (χ3n) is 5.30. The summed E-state index contributed by atoms with van der Waals surface area (Å²) in [6.45, 7) is 0.173. The molecule has 1 saturated heterocycles. The van der Waals surface area contributed by atoms with Crippen molar-refractivity contribution in [1.29, 1.82) is 0 Å². The van der Waals surface area contributed by atoms with E-state index in [1.165, 1.54) is 17.0 Å². The number of para-hydroxylation sites is 1. The lowest BCUT2D eigenvalue weighted by Crippen LogP contribution is -2.50. The molecule has 8 heteroatoms. The summed E-state index contributed by atoms with van der Waals surface area (Å²) in [5.74, 6) is -0.891. The molecule has 3 aromatic rings. The zero-order chi connectivity index (χ0) is 21.1. The van der Waals surface area contributed by atoms with Crippen LogP contribution in [0, 0.1) is 5.82 Å². The summed E-state index contributed by atoms with van der Waals surface area (Å²) in [7, 11) is 0. The predicted molar refractivity (Wildman–Crippen MR) is 109 cm³/mol. The number of benzene rings is 2. The number of carbonyl (C=O) groups is 2. The van der Waals surface area contributed by atoms with Crippen LogP contribution in [0.4, 0.5) is 4.39 Å². The van der Waals surface area contributed by atoms with Gasteiger partial charge in [-0.2, -0.15) is 0 Å². The Kier molecular flexibility index (Phi) is 5.56. The average molecular weight is 408 g/mol. The number of nitrogens with one attached hydrogen (secondary N) is 2. The molecule has 1 aliphatic rings. The number of fused-ring (bicyclic) bond motifs is 1. The van der Waals surface area contributed by atoms with Crippen LogP contribution in [0.3, 0.4) is 0 Å². The van der Waals surface area contributed by atoms with E-state index in [4.69, 9.17) is 0 Å². The summed E-state index contributed by atoms with van der Waals surface area (Å²) in [5, 5.41) is 6.15. The second kappa shape index (κ2) is 8.44. The number of rotatable bonds is 5. The van der Waals surface area contributed by atoms with Crippen LogP contribution in [0.25, 0.3) is 10.9 Å². The first-order chi connectivity index (χ1) is 14.5. The molecule has 1 aromatic heterocycles. The van der Waals surface area contributed by atoms with E-state index < -0.39 is 17.9 Å². The Morgan fingerprint density at radius 3 is 2.77 bits per heavy atom. The van der Waals surface area contributed by atoms with Crippen molar-refractivity contribution in [3.8, 4) is 0 Å². The monoisotopic (exact) mass is 408 g/mol. The van der Waals surface area contributed by atoms with Gasteiger partial charge in [0.1, 0.15) is 5.82 Å². The van der Waals surface area contributed by atoms with Crippen LogP contribution in [-0.4, -0.2) is 27.4 Å². The zero-order valence-electron chi connectivity index (χ0n) is 16.2. The molecule has 154 valence electrons. The van der Waals surface area contributed by atoms with Gasteiger partial charge in [0, 0.05) is 24.9 Å². The molecule has 2 atom stereocenters. The van der Waals surface area contributed by atoms with Gasteiger partial charge in [-0.3, -0.25) is 19.0 Å². The second-order valence-electron chi connectivity index (χ2n) is 7.29. The van der Waals surface area contributed by atoms with E-state index in [1.54, 1.807) is 36.4 Å². The molecule has 7 nitrogen and oxygen atoms in total. The van der Waals surface area contributed by atoms with E-state index >= 15 is 0 Å². The Bertz CT molecular complexity index is 1160. The van der Waals surface area contributed by atoms with Gasteiger partial charge in [-0.25, -0.2) is 9.37 Å². The Labute approximate surface area is 171 Å². The number of halogens is 1. The topological polar surface area (TPSA) is 93.1 Å². The molecule has 0 bridgehead atoms. The molecule has 30 heavy (non-hydrogen) atoms. The maximum atomic E-state index is 14.2. The standard InChI is InChI=1S/C22H21FN4O3/c23-16-7-3-1-5-14(16)21-18(9-10-19(28)26-21)25-20(29)11-12-27-13-24-17-8-4-2-6-15(17)22(27)30/h1-8,13,18,21H,9-12H2,(H,25,29)(H,26,28). The number of carbonyl (C=O) groups excluding carboxylic acids is 2. The molecule has 2 aromatic carbocycles. The van der Waals surface area contributed by atoms with E-state index in [2.05, 4.69) is 15.6 Å². The smallest absolute Gasteiger partial charge is 0.261 e. The van der Waals surface area contributed by atoms with Crippen LogP contribution in [-0.2, 0) is 16.1 Å². The number of nitrogens with zero attached hydrogens (tertiary/aromatic N) is 2. The highest BCUT2D eigenvalue weighted by Crippen LogP contribution is 2.26. The average Bonchev–Trinajstić information content (AvgIpc) is 2.75. The fourth-order valence-corrected chi connectivity index (χ4v) is 3.74. The highest BCUT2D eigenvalue weighted by Gasteiger charge is 2.32. The van der Waals surface area contributed by atoms with Crippen molar-refractivity contribution < 1.29 is 14.0 Å². The lowest BCUT2D eigenvalue weighted by molar-refractivity contribution is -0.127. The number of aromatic nitrogens is 2. The molecule has 4 rings (SSSR count). The minimum absolute atomic E-state index is 0.0639. The summed E-state index contributed by atoms with van der Waals surface area (Å²) in [5.41, 5.74) is 0.738. The first-order valence-electron chi connectivity index (χ1n) is 9.80. The Morgan fingerprint density at radius 1 is 1.17 bits per heavy atom. The van der Waals surface area contributed by atoms with Gasteiger partial charge in [0.15, 0.2) is 0 Å². The third-order valence-corrected chi connectivity index (χ3v) is 5.30. The molecule has 2 amide bonds. The summed E-state index contributed by atoms with van der Waals surface area (Å²) < 4.78 is 15.6. The van der Waals surface area contributed by atoms with Gasteiger partial charge >= 0.3 is 0 Å². The van der Waals surface area contributed by atoms with Crippen LogP contribution < -0.4 is 16.2 Å². The van der Waals surface area contributed by atoms with Gasteiger partial charge in [0.25, 0.3) is 5.56 Å². The van der Waals surface area contributed by atoms with Gasteiger partial charge in [-0.05, 0) is 24.6 Å². The molecule has 1 aliphatic heterocycles. The molecule has 0 spiro atoms. The number of amides is 2. The summed E-state index contributed by atoms with van der Waals surface area (Å²) in [6.07, 6.45) is 2.16. The lowest BCUT2D eigenvalue weighted by atomic mass is 9.91. The van der Waals surface area contributed by atoms with E-state index in [9.17, 15) is 18.8 Å². The molecule has 1 fully saturated rings. The quantitative estimate of drug-likeness (QED) is 0.676. The normalized spacial score (nSPS) is 18.8. The fourth-order valence-electron chi connectivity index (χ4n) is 3.74. The van der Waals surface area contributed by atoms with Crippen LogP contribution >= 0.6 is 0 Å². The summed E-state index contributed by atoms with van der Waals surface area (Å²) >= 11 is 0. The Balaban J connectivity index is 1.45. The van der Waals surface area contributed by atoms with Gasteiger partial charge in [0.05, 0.1) is 29.3 Å². The SMILES string of the molecule is O=C(CCn1cnc2ccccc2c1=O)NC1CCC(=O)NC1c1ccccc1F. The highest BCUT2D eigenvalue weighted by atomic mass is 19.1. The van der Waals surface area contributed by atoms with E-state index in [-0.39, 0.29) is 36.8 Å². The molecular formula is C22H21FN4O3. The molecule has 2 N–H and O–H groups in total. The summed E-state index contributed by atoms with van der Waals surface area (Å²) in [4.78, 5) is 41.2. The summed E-state index contributed by atoms with van der Waals surface area (Å²) in [6, 6.07) is 12.2. The first kappa shape index (κ1) is 19.8. The van der Waals surface area contributed by atoms with Crippen molar-refractivity contribution in [2.24, 2.45) is 0 Å². The molecule has 2 heterocycles. The molecule has 0 radical (unpaired) electrons. The lowest BCUT2D eigenvalue weighted by Gasteiger charge is -2.33. The molecule has 2 unspecified atom stereocenters. The maximum absolute atomic E-state index is 14.2. The van der Waals surface area contributed by atoms with E-state index in [0.29, 0.717) is 22.9 Å².